The lowest BCUT2D eigenvalue weighted by Crippen LogP contribution is -2.21. The smallest absolute Gasteiger partial charge is 0.312 e. The molecule has 0 saturated heterocycles. The van der Waals surface area contributed by atoms with Crippen LogP contribution in [0.4, 0.5) is 0 Å². The van der Waals surface area contributed by atoms with Crippen molar-refractivity contribution in [2.45, 2.75) is 12.3 Å². The Morgan fingerprint density at radius 1 is 0.838 bits per heavy atom. The number of rotatable bonds is 6. The van der Waals surface area contributed by atoms with Gasteiger partial charge >= 0.3 is 5.97 Å². The van der Waals surface area contributed by atoms with Crippen LogP contribution in [0.1, 0.15) is 39.4 Å². The average Bonchev–Trinajstić information content (AvgIpc) is 3.22. The second-order valence-corrected chi connectivity index (χ2v) is 8.41. The Labute approximate surface area is 212 Å². The Morgan fingerprint density at radius 2 is 1.54 bits per heavy atom. The minimum absolute atomic E-state index is 0.0244. The van der Waals surface area contributed by atoms with Crippen molar-refractivity contribution in [3.63, 3.8) is 0 Å². The molecule has 9 nitrogen and oxygen atoms in total. The van der Waals surface area contributed by atoms with Crippen LogP contribution in [0.15, 0.2) is 48.2 Å². The summed E-state index contributed by atoms with van der Waals surface area (Å²) in [5.41, 5.74) is 2.17. The number of allylic oxidation sites excluding steroid dienone is 1. The van der Waals surface area contributed by atoms with Crippen LogP contribution in [-0.4, -0.2) is 45.3 Å². The van der Waals surface area contributed by atoms with Crippen LogP contribution >= 0.6 is 0 Å². The molecule has 1 unspecified atom stereocenters. The number of Topliss-reactive ketones (excluding diaryl/α,β-unsaturated/α-hetero) is 1. The number of fused-ring (bicyclic) bond motifs is 3. The van der Waals surface area contributed by atoms with Gasteiger partial charge in [0, 0.05) is 23.1 Å². The molecule has 0 bridgehead atoms. The van der Waals surface area contributed by atoms with Gasteiger partial charge in [-0.2, -0.15) is 0 Å². The number of phenols is 1. The molecule has 0 spiro atoms. The van der Waals surface area contributed by atoms with Gasteiger partial charge < -0.3 is 33.5 Å². The molecule has 3 aromatic rings. The van der Waals surface area contributed by atoms with E-state index in [9.17, 15) is 14.7 Å². The fourth-order valence-corrected chi connectivity index (χ4v) is 4.61. The summed E-state index contributed by atoms with van der Waals surface area (Å²) in [6.45, 7) is 0. The summed E-state index contributed by atoms with van der Waals surface area (Å²) in [4.78, 5) is 25.8. The number of carbonyl (C=O) groups excluding carboxylic acids is 2. The highest BCUT2D eigenvalue weighted by molar-refractivity contribution is 6.15. The van der Waals surface area contributed by atoms with Gasteiger partial charge in [0.15, 0.2) is 28.8 Å². The van der Waals surface area contributed by atoms with E-state index in [4.69, 9.17) is 28.4 Å². The van der Waals surface area contributed by atoms with Gasteiger partial charge in [-0.1, -0.05) is 6.07 Å². The van der Waals surface area contributed by atoms with Gasteiger partial charge in [0.05, 0.1) is 40.4 Å². The van der Waals surface area contributed by atoms with E-state index in [1.54, 1.807) is 42.5 Å². The molecule has 0 amide bonds. The molecule has 3 aromatic carbocycles. The molecule has 37 heavy (non-hydrogen) atoms. The SMILES string of the molecule is COc1cc(C2CC(=O)Oc3ccc4c(c32)O/C(=C/c2cc(OC)c(OC)cc2OC)C4=O)ccc1O. The van der Waals surface area contributed by atoms with Crippen molar-refractivity contribution >= 4 is 17.8 Å². The van der Waals surface area contributed by atoms with Crippen molar-refractivity contribution in [2.75, 3.05) is 28.4 Å². The Bertz CT molecular complexity index is 1450. The number of aromatic hydroxyl groups is 1. The molecule has 9 heteroatoms. The molecule has 0 aliphatic carbocycles. The lowest BCUT2D eigenvalue weighted by molar-refractivity contribution is -0.135. The summed E-state index contributed by atoms with van der Waals surface area (Å²) in [5, 5.41) is 10.0. The third-order valence-electron chi connectivity index (χ3n) is 6.41. The number of hydrogen-bond donors (Lipinski definition) is 1. The van der Waals surface area contributed by atoms with Gasteiger partial charge in [-0.05, 0) is 42.0 Å². The lowest BCUT2D eigenvalue weighted by atomic mass is 9.84. The average molecular weight is 504 g/mol. The van der Waals surface area contributed by atoms with E-state index in [0.29, 0.717) is 51.0 Å². The van der Waals surface area contributed by atoms with Crippen molar-refractivity contribution in [3.8, 4) is 40.2 Å². The predicted octanol–water partition coefficient (Wildman–Crippen LogP) is 4.48. The molecule has 2 aliphatic rings. The Balaban J connectivity index is 1.61. The summed E-state index contributed by atoms with van der Waals surface area (Å²) in [7, 11) is 5.99. The summed E-state index contributed by atoms with van der Waals surface area (Å²) >= 11 is 0. The molecule has 0 aromatic heterocycles. The van der Waals surface area contributed by atoms with Crippen LogP contribution in [0.25, 0.3) is 6.08 Å². The first kappa shape index (κ1) is 24.1. The predicted molar refractivity (Wildman–Crippen MR) is 132 cm³/mol. The summed E-state index contributed by atoms with van der Waals surface area (Å²) in [6, 6.07) is 11.4. The van der Waals surface area contributed by atoms with Crippen LogP contribution < -0.4 is 28.4 Å². The number of ketones is 1. The van der Waals surface area contributed by atoms with Crippen molar-refractivity contribution in [3.05, 3.63) is 70.5 Å². The topological polar surface area (TPSA) is 110 Å². The van der Waals surface area contributed by atoms with E-state index in [-0.39, 0.29) is 29.5 Å². The first-order valence-corrected chi connectivity index (χ1v) is 11.4. The Kier molecular flexibility index (Phi) is 6.12. The molecule has 0 radical (unpaired) electrons. The first-order chi connectivity index (χ1) is 17.9. The van der Waals surface area contributed by atoms with Gasteiger partial charge in [0.2, 0.25) is 5.78 Å². The van der Waals surface area contributed by atoms with E-state index in [1.807, 2.05) is 0 Å². The highest BCUT2D eigenvalue weighted by Gasteiger charge is 2.39. The largest absolute Gasteiger partial charge is 0.504 e. The standard InChI is InChI=1S/C28H24O9/c1-32-20-13-23(35-4)22(34-3)10-15(20)11-24-27(31)16-6-8-19-26(28(16)37-24)17(12-25(30)36-19)14-5-7-18(29)21(9-14)33-2/h5-11,13,17,29H,12H2,1-4H3/b24-11+. The maximum absolute atomic E-state index is 13.4. The Hall–Kier alpha value is -4.66. The number of carbonyl (C=O) groups is 2. The van der Waals surface area contributed by atoms with Gasteiger partial charge in [-0.25, -0.2) is 0 Å². The van der Waals surface area contributed by atoms with Crippen molar-refractivity contribution in [1.29, 1.82) is 0 Å². The first-order valence-electron chi connectivity index (χ1n) is 11.4. The highest BCUT2D eigenvalue weighted by atomic mass is 16.5. The minimum Gasteiger partial charge on any atom is -0.504 e. The second-order valence-electron chi connectivity index (χ2n) is 8.41. The number of hydrogen-bond acceptors (Lipinski definition) is 9. The van der Waals surface area contributed by atoms with E-state index in [2.05, 4.69) is 0 Å². The molecule has 1 atom stereocenters. The fraction of sp³-hybridized carbons (Fsp3) is 0.214. The third kappa shape index (κ3) is 4.08. The van der Waals surface area contributed by atoms with E-state index >= 15 is 0 Å². The van der Waals surface area contributed by atoms with Crippen LogP contribution in [0, 0.1) is 0 Å². The number of esters is 1. The lowest BCUT2D eigenvalue weighted by Gasteiger charge is -2.26. The van der Waals surface area contributed by atoms with Crippen LogP contribution in [0.5, 0.6) is 40.2 Å². The zero-order valence-corrected chi connectivity index (χ0v) is 20.6. The Morgan fingerprint density at radius 3 is 2.24 bits per heavy atom. The maximum Gasteiger partial charge on any atom is 0.312 e. The number of benzene rings is 3. The van der Waals surface area contributed by atoms with Crippen molar-refractivity contribution in [2.24, 2.45) is 0 Å². The van der Waals surface area contributed by atoms with E-state index in [1.165, 1.54) is 34.5 Å². The van der Waals surface area contributed by atoms with Gasteiger partial charge in [0.25, 0.3) is 0 Å². The quantitative estimate of drug-likeness (QED) is 0.295. The molecule has 0 fully saturated rings. The molecule has 5 rings (SSSR count). The third-order valence-corrected chi connectivity index (χ3v) is 6.41. The monoisotopic (exact) mass is 504 g/mol. The molecule has 2 aliphatic heterocycles. The molecule has 190 valence electrons. The highest BCUT2D eigenvalue weighted by Crippen LogP contribution is 2.50. The van der Waals surface area contributed by atoms with Crippen LogP contribution in [0.3, 0.4) is 0 Å². The van der Waals surface area contributed by atoms with E-state index < -0.39 is 11.9 Å². The fourth-order valence-electron chi connectivity index (χ4n) is 4.61. The zero-order valence-electron chi connectivity index (χ0n) is 20.6. The molecule has 2 heterocycles. The minimum atomic E-state index is -0.483. The van der Waals surface area contributed by atoms with Gasteiger partial charge in [-0.15, -0.1) is 0 Å². The molecule has 1 N–H and O–H groups in total. The summed E-state index contributed by atoms with van der Waals surface area (Å²) < 4.78 is 33.1. The van der Waals surface area contributed by atoms with Crippen molar-refractivity contribution < 1.29 is 43.1 Å². The second kappa shape index (κ2) is 9.42. The summed E-state index contributed by atoms with van der Waals surface area (Å²) in [5.74, 6) is 1.12. The summed E-state index contributed by atoms with van der Waals surface area (Å²) in [6.07, 6.45) is 1.60. The molecule has 0 saturated carbocycles. The van der Waals surface area contributed by atoms with Crippen molar-refractivity contribution in [1.82, 2.24) is 0 Å². The van der Waals surface area contributed by atoms with Crippen LogP contribution in [-0.2, 0) is 4.79 Å². The molecular formula is C28H24O9. The zero-order chi connectivity index (χ0) is 26.3. The number of ether oxygens (including phenoxy) is 6. The van der Waals surface area contributed by atoms with Gasteiger partial charge in [0.1, 0.15) is 17.2 Å². The number of methoxy groups -OCH3 is 4. The number of phenolic OH excluding ortho intramolecular Hbond substituents is 1. The molecular weight excluding hydrogens is 480 g/mol. The normalized spacial score (nSPS) is 17.0. The van der Waals surface area contributed by atoms with Crippen LogP contribution in [0.2, 0.25) is 0 Å². The maximum atomic E-state index is 13.4. The van der Waals surface area contributed by atoms with Gasteiger partial charge in [-0.3, -0.25) is 9.59 Å². The van der Waals surface area contributed by atoms with E-state index in [0.717, 1.165) is 0 Å².